The lowest BCUT2D eigenvalue weighted by Gasteiger charge is -2.23. The van der Waals surface area contributed by atoms with Gasteiger partial charge in [-0.1, -0.05) is 24.3 Å². The number of pyridine rings is 1. The minimum atomic E-state index is -0.0419. The lowest BCUT2D eigenvalue weighted by atomic mass is 10.2. The van der Waals surface area contributed by atoms with Crippen molar-refractivity contribution in [2.75, 3.05) is 4.90 Å². The van der Waals surface area contributed by atoms with Crippen molar-refractivity contribution in [3.8, 4) is 0 Å². The quantitative estimate of drug-likeness (QED) is 0.845. The van der Waals surface area contributed by atoms with Crippen LogP contribution in [0, 0.1) is 6.92 Å². The molecule has 4 heteroatoms. The topological polar surface area (TPSA) is 33.2 Å². The summed E-state index contributed by atoms with van der Waals surface area (Å²) >= 11 is 1.65. The zero-order valence-electron chi connectivity index (χ0n) is 11.5. The average Bonchev–Trinajstić information content (AvgIpc) is 2.76. The largest absolute Gasteiger partial charge is 0.293 e. The molecular formula is C16H16N2OS. The molecule has 2 heterocycles. The van der Waals surface area contributed by atoms with Crippen molar-refractivity contribution in [2.45, 2.75) is 24.5 Å². The number of nitrogens with zero attached hydrogens (tertiary/aromatic N) is 2. The molecule has 0 unspecified atom stereocenters. The predicted octanol–water partition coefficient (Wildman–Crippen LogP) is 3.56. The molecule has 2 aromatic rings. The first-order valence-electron chi connectivity index (χ1n) is 6.64. The van der Waals surface area contributed by atoms with Gasteiger partial charge in [0.25, 0.3) is 0 Å². The highest BCUT2D eigenvalue weighted by atomic mass is 32.2. The average molecular weight is 284 g/mol. The Bertz CT molecular complexity index is 629. The van der Waals surface area contributed by atoms with E-state index in [1.165, 1.54) is 0 Å². The summed E-state index contributed by atoms with van der Waals surface area (Å²) in [5.41, 5.74) is 2.85. The van der Waals surface area contributed by atoms with Gasteiger partial charge in [0.05, 0.1) is 10.9 Å². The number of carbonyl (C=O) groups excluding carboxylic acids is 1. The monoisotopic (exact) mass is 284 g/mol. The third kappa shape index (κ3) is 2.31. The van der Waals surface area contributed by atoms with Crippen LogP contribution in [0.2, 0.25) is 0 Å². The van der Waals surface area contributed by atoms with Crippen molar-refractivity contribution in [3.63, 3.8) is 0 Å². The maximum Gasteiger partial charge on any atom is 0.241 e. The summed E-state index contributed by atoms with van der Waals surface area (Å²) < 4.78 is 0. The maximum atomic E-state index is 12.5. The van der Waals surface area contributed by atoms with Gasteiger partial charge >= 0.3 is 0 Å². The van der Waals surface area contributed by atoms with Crippen LogP contribution in [0.4, 0.5) is 5.69 Å². The first kappa shape index (κ1) is 13.2. The van der Waals surface area contributed by atoms with E-state index in [1.807, 2.05) is 67.3 Å². The Labute approximate surface area is 123 Å². The number of para-hydroxylation sites is 1. The van der Waals surface area contributed by atoms with E-state index >= 15 is 0 Å². The molecule has 0 radical (unpaired) electrons. The normalized spacial score (nSPS) is 22.3. The van der Waals surface area contributed by atoms with E-state index < -0.39 is 0 Å². The number of hydrogen-bond donors (Lipinski definition) is 0. The summed E-state index contributed by atoms with van der Waals surface area (Å²) in [4.78, 5) is 18.9. The highest BCUT2D eigenvalue weighted by Gasteiger charge is 2.40. The Balaban J connectivity index is 2.03. The summed E-state index contributed by atoms with van der Waals surface area (Å²) in [7, 11) is 0. The molecule has 0 spiro atoms. The molecule has 20 heavy (non-hydrogen) atoms. The van der Waals surface area contributed by atoms with Crippen molar-refractivity contribution < 1.29 is 4.79 Å². The zero-order valence-corrected chi connectivity index (χ0v) is 12.3. The number of hydrogen-bond acceptors (Lipinski definition) is 3. The molecule has 3 nitrogen and oxygen atoms in total. The van der Waals surface area contributed by atoms with Crippen molar-refractivity contribution in [1.29, 1.82) is 0 Å². The van der Waals surface area contributed by atoms with Crippen molar-refractivity contribution in [1.82, 2.24) is 4.98 Å². The van der Waals surface area contributed by atoms with Crippen LogP contribution in [-0.2, 0) is 4.79 Å². The van der Waals surface area contributed by atoms with Gasteiger partial charge < -0.3 is 0 Å². The Kier molecular flexibility index (Phi) is 3.49. The number of benzene rings is 1. The van der Waals surface area contributed by atoms with Crippen molar-refractivity contribution >= 4 is 23.4 Å². The third-order valence-electron chi connectivity index (χ3n) is 3.35. The summed E-state index contributed by atoms with van der Waals surface area (Å²) in [5.74, 6) is 0.148. The lowest BCUT2D eigenvalue weighted by Crippen LogP contribution is -2.30. The van der Waals surface area contributed by atoms with E-state index in [9.17, 15) is 4.79 Å². The van der Waals surface area contributed by atoms with Crippen molar-refractivity contribution in [3.05, 3.63) is 59.9 Å². The standard InChI is InChI=1S/C16H16N2OS/c1-11-7-6-10-14(17-11)16-18(15(19)12(2)20-16)13-8-4-3-5-9-13/h3-10,12,16H,1-2H3/t12-,16+/m1/s1. The Morgan fingerprint density at radius 3 is 2.55 bits per heavy atom. The lowest BCUT2D eigenvalue weighted by molar-refractivity contribution is -0.117. The fraction of sp³-hybridized carbons (Fsp3) is 0.250. The number of anilines is 1. The van der Waals surface area contributed by atoms with E-state index in [0.29, 0.717) is 0 Å². The second kappa shape index (κ2) is 5.29. The molecule has 1 aliphatic rings. The SMILES string of the molecule is Cc1cccc([C@@H]2S[C@H](C)C(=O)N2c2ccccc2)n1. The summed E-state index contributed by atoms with van der Waals surface area (Å²) in [5, 5.41) is -0.0812. The number of aryl methyl sites for hydroxylation is 1. The summed E-state index contributed by atoms with van der Waals surface area (Å²) in [6, 6.07) is 15.8. The molecule has 1 aromatic carbocycles. The summed E-state index contributed by atoms with van der Waals surface area (Å²) in [6.45, 7) is 3.93. The molecule has 1 amide bonds. The molecule has 0 bridgehead atoms. The van der Waals surface area contributed by atoms with Gasteiger partial charge in [-0.2, -0.15) is 0 Å². The third-order valence-corrected chi connectivity index (χ3v) is 4.67. The van der Waals surface area contributed by atoms with Gasteiger partial charge in [0.1, 0.15) is 5.37 Å². The highest BCUT2D eigenvalue weighted by molar-refractivity contribution is 8.01. The molecule has 1 fully saturated rings. The minimum Gasteiger partial charge on any atom is -0.293 e. The number of carbonyl (C=O) groups is 1. The predicted molar refractivity (Wildman–Crippen MR) is 82.7 cm³/mol. The minimum absolute atomic E-state index is 0.0393. The van der Waals surface area contributed by atoms with Crippen LogP contribution >= 0.6 is 11.8 Å². The molecule has 1 saturated heterocycles. The van der Waals surface area contributed by atoms with Gasteiger partial charge in [-0.3, -0.25) is 14.7 Å². The fourth-order valence-electron chi connectivity index (χ4n) is 2.38. The van der Waals surface area contributed by atoms with Crippen LogP contribution in [0.5, 0.6) is 0 Å². The van der Waals surface area contributed by atoms with Crippen LogP contribution < -0.4 is 4.90 Å². The first-order valence-corrected chi connectivity index (χ1v) is 7.58. The van der Waals surface area contributed by atoms with Gasteiger partial charge in [0.15, 0.2) is 0 Å². The second-order valence-electron chi connectivity index (χ2n) is 4.88. The molecule has 0 aliphatic carbocycles. The van der Waals surface area contributed by atoms with E-state index in [1.54, 1.807) is 11.8 Å². The highest BCUT2D eigenvalue weighted by Crippen LogP contribution is 2.44. The molecule has 2 atom stereocenters. The van der Waals surface area contributed by atoms with Crippen molar-refractivity contribution in [2.24, 2.45) is 0 Å². The van der Waals surface area contributed by atoms with Gasteiger partial charge in [0.2, 0.25) is 5.91 Å². The van der Waals surface area contributed by atoms with Gasteiger partial charge in [-0.25, -0.2) is 0 Å². The maximum absolute atomic E-state index is 12.5. The molecule has 1 aromatic heterocycles. The Morgan fingerprint density at radius 2 is 1.85 bits per heavy atom. The van der Waals surface area contributed by atoms with Gasteiger partial charge in [-0.05, 0) is 38.1 Å². The second-order valence-corrected chi connectivity index (χ2v) is 6.30. The van der Waals surface area contributed by atoms with Gasteiger partial charge in [0, 0.05) is 11.4 Å². The Morgan fingerprint density at radius 1 is 1.10 bits per heavy atom. The van der Waals surface area contributed by atoms with E-state index in [2.05, 4.69) is 4.98 Å². The zero-order chi connectivity index (χ0) is 14.1. The van der Waals surface area contributed by atoms with Crippen LogP contribution in [-0.4, -0.2) is 16.1 Å². The number of amides is 1. The van der Waals surface area contributed by atoms with Crippen LogP contribution in [0.15, 0.2) is 48.5 Å². The first-order chi connectivity index (χ1) is 9.66. The van der Waals surface area contributed by atoms with Crippen LogP contribution in [0.25, 0.3) is 0 Å². The molecule has 0 N–H and O–H groups in total. The smallest absolute Gasteiger partial charge is 0.241 e. The van der Waals surface area contributed by atoms with E-state index in [0.717, 1.165) is 17.1 Å². The summed E-state index contributed by atoms with van der Waals surface area (Å²) in [6.07, 6.45) is 0. The van der Waals surface area contributed by atoms with E-state index in [4.69, 9.17) is 0 Å². The number of aromatic nitrogens is 1. The molecule has 1 aliphatic heterocycles. The molecule has 102 valence electrons. The number of rotatable bonds is 2. The number of thioether (sulfide) groups is 1. The van der Waals surface area contributed by atoms with Gasteiger partial charge in [-0.15, -0.1) is 11.8 Å². The molecule has 3 rings (SSSR count). The fourth-order valence-corrected chi connectivity index (χ4v) is 3.61. The van der Waals surface area contributed by atoms with Crippen LogP contribution in [0.3, 0.4) is 0 Å². The molecular weight excluding hydrogens is 268 g/mol. The van der Waals surface area contributed by atoms with E-state index in [-0.39, 0.29) is 16.5 Å². The molecule has 0 saturated carbocycles. The van der Waals surface area contributed by atoms with Crippen LogP contribution in [0.1, 0.15) is 23.7 Å². The Hall–Kier alpha value is -1.81.